The molecule has 19 heavy (non-hydrogen) atoms. The monoisotopic (exact) mass is 267 g/mol. The molecule has 6 heteroatoms. The standard InChI is InChI=1S/C13H21N3O3/c1-2-5-14-13(19)15-12(18)8-16-9-3-4-10(16)7-11(17)6-9/h2,9-11,17H,1,3-8H2,(H2,14,15,18,19). The minimum absolute atomic E-state index is 0.226. The number of carbonyl (C=O) groups excluding carboxylic acids is 2. The maximum atomic E-state index is 11.8. The van der Waals surface area contributed by atoms with Crippen LogP contribution in [0.2, 0.25) is 0 Å². The Morgan fingerprint density at radius 1 is 1.32 bits per heavy atom. The predicted molar refractivity (Wildman–Crippen MR) is 70.5 cm³/mol. The van der Waals surface area contributed by atoms with E-state index < -0.39 is 6.03 Å². The van der Waals surface area contributed by atoms with Crippen LogP contribution in [-0.4, -0.2) is 53.2 Å². The molecular formula is C13H21N3O3. The summed E-state index contributed by atoms with van der Waals surface area (Å²) in [6, 6.07) is 0.0563. The summed E-state index contributed by atoms with van der Waals surface area (Å²) < 4.78 is 0. The van der Waals surface area contributed by atoms with Gasteiger partial charge in [0.1, 0.15) is 0 Å². The van der Waals surface area contributed by atoms with Crippen LogP contribution in [0.5, 0.6) is 0 Å². The minimum atomic E-state index is -0.491. The van der Waals surface area contributed by atoms with Crippen molar-refractivity contribution in [1.29, 1.82) is 0 Å². The molecule has 2 aliphatic heterocycles. The van der Waals surface area contributed by atoms with E-state index in [1.807, 2.05) is 0 Å². The van der Waals surface area contributed by atoms with Crippen molar-refractivity contribution in [2.75, 3.05) is 13.1 Å². The third kappa shape index (κ3) is 3.54. The van der Waals surface area contributed by atoms with Crippen LogP contribution in [0.1, 0.15) is 25.7 Å². The number of aliphatic hydroxyl groups excluding tert-OH is 1. The molecule has 106 valence electrons. The molecule has 2 atom stereocenters. The number of hydrogen-bond donors (Lipinski definition) is 3. The number of urea groups is 1. The zero-order chi connectivity index (χ0) is 13.8. The largest absolute Gasteiger partial charge is 0.393 e. The van der Waals surface area contributed by atoms with Gasteiger partial charge in [-0.05, 0) is 25.7 Å². The molecule has 0 aliphatic carbocycles. The van der Waals surface area contributed by atoms with Gasteiger partial charge in [-0.25, -0.2) is 4.79 Å². The van der Waals surface area contributed by atoms with Gasteiger partial charge < -0.3 is 10.4 Å². The summed E-state index contributed by atoms with van der Waals surface area (Å²) in [6.45, 7) is 4.04. The van der Waals surface area contributed by atoms with Gasteiger partial charge in [0.2, 0.25) is 5.91 Å². The molecule has 6 nitrogen and oxygen atoms in total. The predicted octanol–water partition coefficient (Wildman–Crippen LogP) is -0.0141. The maximum absolute atomic E-state index is 11.8. The van der Waals surface area contributed by atoms with Crippen molar-refractivity contribution in [3.8, 4) is 0 Å². The highest BCUT2D eigenvalue weighted by atomic mass is 16.3. The van der Waals surface area contributed by atoms with Crippen molar-refractivity contribution in [2.24, 2.45) is 0 Å². The fourth-order valence-corrected chi connectivity index (χ4v) is 3.04. The number of piperidine rings is 1. The zero-order valence-electron chi connectivity index (χ0n) is 11.0. The van der Waals surface area contributed by atoms with Crippen molar-refractivity contribution >= 4 is 11.9 Å². The van der Waals surface area contributed by atoms with Crippen molar-refractivity contribution in [3.63, 3.8) is 0 Å². The normalized spacial score (nSPS) is 29.8. The minimum Gasteiger partial charge on any atom is -0.393 e. The van der Waals surface area contributed by atoms with E-state index in [4.69, 9.17) is 0 Å². The second-order valence-electron chi connectivity index (χ2n) is 5.23. The lowest BCUT2D eigenvalue weighted by molar-refractivity contribution is -0.122. The summed E-state index contributed by atoms with van der Waals surface area (Å²) in [7, 11) is 0. The number of imide groups is 1. The van der Waals surface area contributed by atoms with E-state index in [1.165, 1.54) is 0 Å². The van der Waals surface area contributed by atoms with E-state index >= 15 is 0 Å². The number of aliphatic hydroxyl groups is 1. The summed E-state index contributed by atoms with van der Waals surface area (Å²) in [4.78, 5) is 25.2. The van der Waals surface area contributed by atoms with Crippen LogP contribution in [0.25, 0.3) is 0 Å². The Morgan fingerprint density at radius 3 is 2.53 bits per heavy atom. The molecule has 0 radical (unpaired) electrons. The molecule has 3 amide bonds. The number of nitrogens with one attached hydrogen (secondary N) is 2. The first-order valence-electron chi connectivity index (χ1n) is 6.72. The lowest BCUT2D eigenvalue weighted by Crippen LogP contribution is -2.51. The Bertz CT molecular complexity index is 358. The van der Waals surface area contributed by atoms with E-state index in [0.29, 0.717) is 6.54 Å². The molecule has 2 bridgehead atoms. The van der Waals surface area contributed by atoms with Crippen molar-refractivity contribution in [3.05, 3.63) is 12.7 Å². The van der Waals surface area contributed by atoms with Crippen LogP contribution >= 0.6 is 0 Å². The molecule has 0 saturated carbocycles. The Hall–Kier alpha value is -1.40. The fourth-order valence-electron chi connectivity index (χ4n) is 3.04. The summed E-state index contributed by atoms with van der Waals surface area (Å²) in [5.74, 6) is -0.296. The van der Waals surface area contributed by atoms with Gasteiger partial charge in [-0.3, -0.25) is 15.0 Å². The quantitative estimate of drug-likeness (QED) is 0.626. The molecule has 2 fully saturated rings. The molecule has 2 heterocycles. The van der Waals surface area contributed by atoms with Gasteiger partial charge in [0.15, 0.2) is 0 Å². The molecule has 0 spiro atoms. The first-order valence-corrected chi connectivity index (χ1v) is 6.72. The van der Waals surface area contributed by atoms with Crippen LogP contribution in [0, 0.1) is 0 Å². The van der Waals surface area contributed by atoms with Crippen molar-refractivity contribution in [1.82, 2.24) is 15.5 Å². The molecule has 2 unspecified atom stereocenters. The summed E-state index contributed by atoms with van der Waals surface area (Å²) in [5, 5.41) is 14.5. The first-order chi connectivity index (χ1) is 9.10. The highest BCUT2D eigenvalue weighted by Gasteiger charge is 2.40. The second-order valence-corrected chi connectivity index (χ2v) is 5.23. The smallest absolute Gasteiger partial charge is 0.321 e. The zero-order valence-corrected chi connectivity index (χ0v) is 11.0. The van der Waals surface area contributed by atoms with Gasteiger partial charge in [-0.2, -0.15) is 0 Å². The number of fused-ring (bicyclic) bond motifs is 2. The molecular weight excluding hydrogens is 246 g/mol. The van der Waals surface area contributed by atoms with E-state index in [0.717, 1.165) is 25.7 Å². The summed E-state index contributed by atoms with van der Waals surface area (Å²) in [6.07, 6.45) is 4.82. The maximum Gasteiger partial charge on any atom is 0.321 e. The van der Waals surface area contributed by atoms with Crippen molar-refractivity contribution in [2.45, 2.75) is 43.9 Å². The fraction of sp³-hybridized carbons (Fsp3) is 0.692. The summed E-state index contributed by atoms with van der Waals surface area (Å²) >= 11 is 0. The molecule has 3 N–H and O–H groups in total. The van der Waals surface area contributed by atoms with Crippen LogP contribution in [0.3, 0.4) is 0 Å². The van der Waals surface area contributed by atoms with Gasteiger partial charge in [0.25, 0.3) is 0 Å². The van der Waals surface area contributed by atoms with Crippen LogP contribution in [0.15, 0.2) is 12.7 Å². The molecule has 0 aromatic carbocycles. The van der Waals surface area contributed by atoms with Crippen LogP contribution in [-0.2, 0) is 4.79 Å². The number of nitrogens with zero attached hydrogens (tertiary/aromatic N) is 1. The number of carbonyl (C=O) groups is 2. The molecule has 0 aromatic rings. The van der Waals surface area contributed by atoms with Gasteiger partial charge in [-0.1, -0.05) is 6.08 Å². The van der Waals surface area contributed by atoms with E-state index in [9.17, 15) is 14.7 Å². The molecule has 0 aromatic heterocycles. The van der Waals surface area contributed by atoms with Gasteiger partial charge in [0.05, 0.1) is 12.6 Å². The molecule has 2 rings (SSSR count). The Kier molecular flexibility index (Phi) is 4.55. The summed E-state index contributed by atoms with van der Waals surface area (Å²) in [5.41, 5.74) is 0. The Balaban J connectivity index is 1.80. The highest BCUT2D eigenvalue weighted by molar-refractivity contribution is 5.95. The van der Waals surface area contributed by atoms with Gasteiger partial charge >= 0.3 is 6.03 Å². The van der Waals surface area contributed by atoms with Gasteiger partial charge in [0, 0.05) is 18.6 Å². The van der Waals surface area contributed by atoms with Crippen LogP contribution in [0.4, 0.5) is 4.79 Å². The number of amides is 3. The third-order valence-corrected chi connectivity index (χ3v) is 3.85. The van der Waals surface area contributed by atoms with Crippen LogP contribution < -0.4 is 10.6 Å². The van der Waals surface area contributed by atoms with E-state index in [2.05, 4.69) is 22.1 Å². The number of rotatable bonds is 4. The average Bonchev–Trinajstić information content (AvgIpc) is 2.60. The topological polar surface area (TPSA) is 81.7 Å². The Labute approximate surface area is 112 Å². The third-order valence-electron chi connectivity index (χ3n) is 3.85. The molecule has 2 saturated heterocycles. The molecule has 2 aliphatic rings. The SMILES string of the molecule is C=CCNC(=O)NC(=O)CN1C2CCC1CC(O)C2. The second kappa shape index (κ2) is 6.16. The van der Waals surface area contributed by atoms with E-state index in [1.54, 1.807) is 6.08 Å². The lowest BCUT2D eigenvalue weighted by atomic mass is 10.00. The van der Waals surface area contributed by atoms with E-state index in [-0.39, 0.29) is 30.6 Å². The highest BCUT2D eigenvalue weighted by Crippen LogP contribution is 2.35. The van der Waals surface area contributed by atoms with Crippen molar-refractivity contribution < 1.29 is 14.7 Å². The Morgan fingerprint density at radius 2 is 1.95 bits per heavy atom. The number of hydrogen-bond acceptors (Lipinski definition) is 4. The first kappa shape index (κ1) is 14.0. The lowest BCUT2D eigenvalue weighted by Gasteiger charge is -2.36. The average molecular weight is 267 g/mol. The van der Waals surface area contributed by atoms with Gasteiger partial charge in [-0.15, -0.1) is 6.58 Å².